The van der Waals surface area contributed by atoms with E-state index >= 15 is 0 Å². The average Bonchev–Trinajstić information content (AvgIpc) is 3.22. The Morgan fingerprint density at radius 2 is 2.16 bits per heavy atom. The smallest absolute Gasteiger partial charge is 0.257 e. The molecular formula is C17H14BrN5O2. The molecule has 25 heavy (non-hydrogen) atoms. The van der Waals surface area contributed by atoms with Crippen molar-refractivity contribution in [1.82, 2.24) is 24.6 Å². The number of fused-ring (bicyclic) bond motifs is 3. The van der Waals surface area contributed by atoms with Gasteiger partial charge in [0.05, 0.1) is 23.5 Å². The fraction of sp³-hybridized carbons (Fsp3) is 0.294. The number of hydrogen-bond donors (Lipinski definition) is 0. The predicted molar refractivity (Wildman–Crippen MR) is 92.3 cm³/mol. The first kappa shape index (κ1) is 14.8. The molecule has 0 atom stereocenters. The van der Waals surface area contributed by atoms with Gasteiger partial charge in [0.1, 0.15) is 12.0 Å². The molecule has 1 aliphatic heterocycles. The van der Waals surface area contributed by atoms with Crippen LogP contribution in [0.15, 0.2) is 33.5 Å². The van der Waals surface area contributed by atoms with Crippen molar-refractivity contribution in [2.45, 2.75) is 25.3 Å². The van der Waals surface area contributed by atoms with Gasteiger partial charge in [-0.25, -0.2) is 4.98 Å². The van der Waals surface area contributed by atoms with Crippen LogP contribution in [0.4, 0.5) is 0 Å². The van der Waals surface area contributed by atoms with Crippen LogP contribution in [0.1, 0.15) is 40.7 Å². The molecule has 0 spiro atoms. The molecule has 3 heterocycles. The summed E-state index contributed by atoms with van der Waals surface area (Å²) < 4.78 is 8.07. The highest BCUT2D eigenvalue weighted by Gasteiger charge is 2.32. The maximum Gasteiger partial charge on any atom is 0.257 e. The van der Waals surface area contributed by atoms with Crippen molar-refractivity contribution in [3.63, 3.8) is 0 Å². The molecule has 2 aromatic heterocycles. The summed E-state index contributed by atoms with van der Waals surface area (Å²) in [5.41, 5.74) is 2.95. The van der Waals surface area contributed by atoms with E-state index in [2.05, 4.69) is 31.1 Å². The Bertz CT molecular complexity index is 1000. The van der Waals surface area contributed by atoms with Crippen molar-refractivity contribution in [1.29, 1.82) is 0 Å². The van der Waals surface area contributed by atoms with Gasteiger partial charge in [-0.1, -0.05) is 11.2 Å². The van der Waals surface area contributed by atoms with Crippen molar-refractivity contribution in [2.75, 3.05) is 7.05 Å². The molecule has 0 N–H and O–H groups in total. The first-order chi connectivity index (χ1) is 12.1. The van der Waals surface area contributed by atoms with E-state index in [9.17, 15) is 4.79 Å². The van der Waals surface area contributed by atoms with E-state index in [1.807, 2.05) is 22.8 Å². The van der Waals surface area contributed by atoms with Crippen molar-refractivity contribution in [2.24, 2.45) is 0 Å². The van der Waals surface area contributed by atoms with Crippen LogP contribution >= 0.6 is 15.9 Å². The van der Waals surface area contributed by atoms with Gasteiger partial charge in [0.2, 0.25) is 11.7 Å². The zero-order chi connectivity index (χ0) is 17.1. The van der Waals surface area contributed by atoms with E-state index in [1.165, 1.54) is 0 Å². The highest BCUT2D eigenvalue weighted by atomic mass is 75.9. The summed E-state index contributed by atoms with van der Waals surface area (Å²) in [6, 6.07) is 5.69. The van der Waals surface area contributed by atoms with Crippen molar-refractivity contribution < 1.29 is 9.32 Å². The number of halogens is 1. The number of carbonyl (C=O) groups excluding carboxylic acids is 1. The number of hydrogen-bond acceptors (Lipinski definition) is 5. The molecule has 2 aliphatic rings. The second-order valence-electron chi connectivity index (χ2n) is 6.44. The zero-order valence-corrected chi connectivity index (χ0v) is 15.0. The summed E-state index contributed by atoms with van der Waals surface area (Å²) in [6.07, 6.45) is 3.92. The third kappa shape index (κ3) is 2.24. The van der Waals surface area contributed by atoms with E-state index in [4.69, 9.17) is 4.52 Å². The van der Waals surface area contributed by atoms with Crippen molar-refractivity contribution in [3.8, 4) is 17.2 Å². The van der Waals surface area contributed by atoms with E-state index in [0.717, 1.165) is 28.7 Å². The highest BCUT2D eigenvalue weighted by molar-refractivity contribution is 9.10. The van der Waals surface area contributed by atoms with Gasteiger partial charge >= 0.3 is 0 Å². The summed E-state index contributed by atoms with van der Waals surface area (Å²) in [4.78, 5) is 23.5. The maximum atomic E-state index is 12.8. The van der Waals surface area contributed by atoms with Gasteiger partial charge in [0, 0.05) is 17.4 Å². The Labute approximate surface area is 151 Å². The molecule has 1 aromatic carbocycles. The molecule has 1 fully saturated rings. The molecule has 1 aliphatic carbocycles. The second kappa shape index (κ2) is 5.26. The lowest BCUT2D eigenvalue weighted by Crippen LogP contribution is -2.25. The van der Waals surface area contributed by atoms with Crippen LogP contribution in [0.2, 0.25) is 0 Å². The van der Waals surface area contributed by atoms with Gasteiger partial charge in [0.25, 0.3) is 5.91 Å². The SMILES string of the molecule is CN1Cc2c(-c3noc(C4CC4)n3)ncn2-c2cccc([76Br])c2C1=O. The van der Waals surface area contributed by atoms with E-state index in [0.29, 0.717) is 35.4 Å². The molecule has 0 saturated heterocycles. The molecule has 8 heteroatoms. The van der Waals surface area contributed by atoms with Gasteiger partial charge in [0.15, 0.2) is 0 Å². The number of benzene rings is 1. The van der Waals surface area contributed by atoms with Crippen LogP contribution < -0.4 is 0 Å². The van der Waals surface area contributed by atoms with E-state index < -0.39 is 0 Å². The minimum absolute atomic E-state index is 0.0380. The molecule has 126 valence electrons. The molecule has 3 aromatic rings. The van der Waals surface area contributed by atoms with Crippen LogP contribution in [0.3, 0.4) is 0 Å². The summed E-state index contributed by atoms with van der Waals surface area (Å²) in [7, 11) is 1.78. The Morgan fingerprint density at radius 1 is 1.32 bits per heavy atom. The van der Waals surface area contributed by atoms with Crippen molar-refractivity contribution in [3.05, 3.63) is 46.1 Å². The first-order valence-electron chi connectivity index (χ1n) is 8.08. The average molecular weight is 396 g/mol. The topological polar surface area (TPSA) is 77.1 Å². The molecule has 1 saturated carbocycles. The van der Waals surface area contributed by atoms with Crippen LogP contribution in [0.5, 0.6) is 0 Å². The van der Waals surface area contributed by atoms with Crippen molar-refractivity contribution >= 4 is 21.8 Å². The normalized spacial score (nSPS) is 16.6. The molecule has 0 unspecified atom stereocenters. The summed E-state index contributed by atoms with van der Waals surface area (Å²) in [6.45, 7) is 0.419. The third-order valence-corrected chi connectivity index (χ3v) is 5.31. The lowest BCUT2D eigenvalue weighted by atomic mass is 10.1. The van der Waals surface area contributed by atoms with Gasteiger partial charge in [-0.3, -0.25) is 9.36 Å². The number of nitrogens with zero attached hydrogens (tertiary/aromatic N) is 5. The number of rotatable bonds is 2. The van der Waals surface area contributed by atoms with E-state index in [1.54, 1.807) is 18.3 Å². The predicted octanol–water partition coefficient (Wildman–Crippen LogP) is 3.15. The van der Waals surface area contributed by atoms with Crippen LogP contribution in [0, 0.1) is 0 Å². The van der Waals surface area contributed by atoms with Crippen LogP contribution in [-0.2, 0) is 6.54 Å². The molecule has 0 radical (unpaired) electrons. The fourth-order valence-electron chi connectivity index (χ4n) is 3.16. The number of amides is 1. The number of imidazole rings is 1. The highest BCUT2D eigenvalue weighted by Crippen LogP contribution is 2.40. The summed E-state index contributed by atoms with van der Waals surface area (Å²) >= 11 is 3.49. The van der Waals surface area contributed by atoms with Gasteiger partial charge < -0.3 is 9.42 Å². The molecule has 7 nitrogen and oxygen atoms in total. The quantitative estimate of drug-likeness (QED) is 0.665. The minimum atomic E-state index is -0.0380. The molecular weight excluding hydrogens is 382 g/mol. The maximum absolute atomic E-state index is 12.8. The standard InChI is InChI=1S/C17H14BrN5O2/c1-22-7-12-14(15-20-16(25-21-15)9-5-6-9)19-8-23(12)11-4-2-3-10(18)13(11)17(22)24/h2-4,8-9H,5-7H2,1H3/i18-4. The van der Waals surface area contributed by atoms with Crippen LogP contribution in [-0.4, -0.2) is 37.5 Å². The Hall–Kier alpha value is -2.48. The lowest BCUT2D eigenvalue weighted by Gasteiger charge is -2.14. The largest absolute Gasteiger partial charge is 0.339 e. The number of carbonyl (C=O) groups is 1. The second-order valence-corrected chi connectivity index (χ2v) is 7.29. The lowest BCUT2D eigenvalue weighted by molar-refractivity contribution is 0.0787. The summed E-state index contributed by atoms with van der Waals surface area (Å²) in [5, 5.41) is 4.10. The Balaban J connectivity index is 1.69. The third-order valence-electron chi connectivity index (χ3n) is 4.65. The Morgan fingerprint density at radius 3 is 2.96 bits per heavy atom. The summed E-state index contributed by atoms with van der Waals surface area (Å²) in [5.74, 6) is 1.51. The molecule has 1 amide bonds. The molecule has 5 rings (SSSR count). The minimum Gasteiger partial charge on any atom is -0.339 e. The first-order valence-corrected chi connectivity index (χ1v) is 8.87. The van der Waals surface area contributed by atoms with E-state index in [-0.39, 0.29) is 5.91 Å². The van der Waals surface area contributed by atoms with Gasteiger partial charge in [-0.05, 0) is 40.9 Å². The zero-order valence-electron chi connectivity index (χ0n) is 13.4. The molecule has 0 bridgehead atoms. The number of aromatic nitrogens is 4. The monoisotopic (exact) mass is 396 g/mol. The van der Waals surface area contributed by atoms with Gasteiger partial charge in [-0.15, -0.1) is 0 Å². The fourth-order valence-corrected chi connectivity index (χ4v) is 3.68. The van der Waals surface area contributed by atoms with Gasteiger partial charge in [-0.2, -0.15) is 4.98 Å². The van der Waals surface area contributed by atoms with Crippen LogP contribution in [0.25, 0.3) is 17.2 Å². The Kier molecular flexibility index (Phi) is 3.12.